The van der Waals surface area contributed by atoms with Gasteiger partial charge in [0.15, 0.2) is 0 Å². The van der Waals surface area contributed by atoms with E-state index >= 15 is 0 Å². The van der Waals surface area contributed by atoms with Crippen molar-refractivity contribution in [2.45, 2.75) is 22.1 Å². The maximum absolute atomic E-state index is 12.0. The molecular formula is C10H12Cl4N2O3S. The summed E-state index contributed by atoms with van der Waals surface area (Å²) in [6.07, 6.45) is 0. The van der Waals surface area contributed by atoms with Gasteiger partial charge in [0.25, 0.3) is 0 Å². The molecule has 2 rings (SSSR count). The number of halogens is 4. The minimum atomic E-state index is -1.68. The molecule has 1 saturated heterocycles. The molecule has 20 heavy (non-hydrogen) atoms. The van der Waals surface area contributed by atoms with E-state index in [1.807, 2.05) is 0 Å². The van der Waals surface area contributed by atoms with Crippen LogP contribution in [0.3, 0.4) is 0 Å². The average molecular weight is 382 g/mol. The number of amides is 1. The minimum Gasteiger partial charge on any atom is -0.456 e. The van der Waals surface area contributed by atoms with Crippen molar-refractivity contribution in [3.05, 3.63) is 11.3 Å². The highest BCUT2D eigenvalue weighted by Gasteiger charge is 2.51. The first-order chi connectivity index (χ1) is 8.72. The van der Waals surface area contributed by atoms with Crippen LogP contribution in [0.15, 0.2) is 11.3 Å². The standard InChI is InChI=1S/C10H11Cl3N2O3S.ClH/c1-4-2-19-8-5(14)7(16)15(8)6(4)9(17)18-3-10(11,12)13;/h5,8H,2-3,14H2,1H3;1H/t5?,8-;/m1./s1. The predicted molar refractivity (Wildman–Crippen MR) is 82.3 cm³/mol. The molecule has 5 nitrogen and oxygen atoms in total. The fourth-order valence-electron chi connectivity index (χ4n) is 1.87. The Kier molecular flexibility index (Phi) is 5.92. The van der Waals surface area contributed by atoms with Crippen LogP contribution in [0, 0.1) is 0 Å². The van der Waals surface area contributed by atoms with Gasteiger partial charge in [0.05, 0.1) is 0 Å². The first-order valence-electron chi connectivity index (χ1n) is 5.36. The topological polar surface area (TPSA) is 72.6 Å². The van der Waals surface area contributed by atoms with Gasteiger partial charge in [-0.15, -0.1) is 24.2 Å². The van der Waals surface area contributed by atoms with Crippen molar-refractivity contribution in [2.75, 3.05) is 12.4 Å². The summed E-state index contributed by atoms with van der Waals surface area (Å²) in [5.74, 6) is -0.355. The van der Waals surface area contributed by atoms with Gasteiger partial charge in [0, 0.05) is 5.75 Å². The van der Waals surface area contributed by atoms with Gasteiger partial charge in [-0.25, -0.2) is 4.79 Å². The largest absolute Gasteiger partial charge is 0.456 e. The lowest BCUT2D eigenvalue weighted by Gasteiger charge is -2.48. The Labute approximate surface area is 141 Å². The summed E-state index contributed by atoms with van der Waals surface area (Å²) < 4.78 is 3.24. The number of nitrogens with zero attached hydrogens (tertiary/aromatic N) is 1. The quantitative estimate of drug-likeness (QED) is 0.448. The first kappa shape index (κ1) is 18.2. The van der Waals surface area contributed by atoms with Crippen LogP contribution in [0.4, 0.5) is 0 Å². The van der Waals surface area contributed by atoms with Gasteiger partial charge in [-0.3, -0.25) is 9.69 Å². The minimum absolute atomic E-state index is 0. The number of alkyl halides is 3. The van der Waals surface area contributed by atoms with Crippen LogP contribution in [-0.2, 0) is 14.3 Å². The normalized spacial score (nSPS) is 25.6. The molecule has 1 amide bonds. The third-order valence-electron chi connectivity index (χ3n) is 2.76. The summed E-state index contributed by atoms with van der Waals surface area (Å²) in [5, 5.41) is -0.216. The van der Waals surface area contributed by atoms with Gasteiger partial charge in [0.1, 0.15) is 23.7 Å². The molecule has 1 unspecified atom stereocenters. The van der Waals surface area contributed by atoms with E-state index in [0.717, 1.165) is 5.57 Å². The maximum atomic E-state index is 12.0. The lowest BCUT2D eigenvalue weighted by atomic mass is 10.0. The second kappa shape index (κ2) is 6.50. The Morgan fingerprint density at radius 1 is 1.55 bits per heavy atom. The van der Waals surface area contributed by atoms with E-state index in [2.05, 4.69) is 0 Å². The molecular weight excluding hydrogens is 370 g/mol. The van der Waals surface area contributed by atoms with Crippen molar-refractivity contribution in [3.63, 3.8) is 0 Å². The van der Waals surface area contributed by atoms with E-state index in [4.69, 9.17) is 45.3 Å². The van der Waals surface area contributed by atoms with E-state index in [0.29, 0.717) is 5.75 Å². The highest BCUT2D eigenvalue weighted by Crippen LogP contribution is 2.39. The molecule has 0 aromatic carbocycles. The smallest absolute Gasteiger partial charge is 0.355 e. The number of carbonyl (C=O) groups is 2. The third kappa shape index (κ3) is 3.48. The molecule has 0 spiro atoms. The van der Waals surface area contributed by atoms with Crippen LogP contribution in [-0.4, -0.2) is 44.3 Å². The Morgan fingerprint density at radius 2 is 2.15 bits per heavy atom. The Morgan fingerprint density at radius 3 is 2.70 bits per heavy atom. The zero-order valence-electron chi connectivity index (χ0n) is 10.3. The number of carbonyl (C=O) groups excluding carboxylic acids is 2. The van der Waals surface area contributed by atoms with Crippen molar-refractivity contribution in [1.29, 1.82) is 0 Å². The Bertz CT molecular complexity index is 466. The van der Waals surface area contributed by atoms with E-state index in [1.54, 1.807) is 6.92 Å². The SMILES string of the molecule is CC1=C(C(=O)OCC(Cl)(Cl)Cl)N2C(=O)C(N)[C@H]2SC1.Cl. The zero-order chi connectivity index (χ0) is 14.4. The fraction of sp³-hybridized carbons (Fsp3) is 0.600. The molecule has 2 atom stereocenters. The molecule has 114 valence electrons. The number of thioether (sulfide) groups is 1. The Hall–Kier alpha value is 0.150. The number of rotatable bonds is 2. The second-order valence-corrected chi connectivity index (χ2v) is 7.88. The lowest BCUT2D eigenvalue weighted by molar-refractivity contribution is -0.150. The Balaban J connectivity index is 0.00000200. The molecule has 0 radical (unpaired) electrons. The van der Waals surface area contributed by atoms with Gasteiger partial charge in [-0.1, -0.05) is 34.8 Å². The van der Waals surface area contributed by atoms with Crippen LogP contribution < -0.4 is 5.73 Å². The predicted octanol–water partition coefficient (Wildman–Crippen LogP) is 1.84. The number of hydrogen-bond donors (Lipinski definition) is 1. The molecule has 2 aliphatic rings. The monoisotopic (exact) mass is 380 g/mol. The van der Waals surface area contributed by atoms with Gasteiger partial charge in [-0.05, 0) is 12.5 Å². The summed E-state index contributed by atoms with van der Waals surface area (Å²) in [4.78, 5) is 25.1. The van der Waals surface area contributed by atoms with Gasteiger partial charge >= 0.3 is 5.97 Å². The number of fused-ring (bicyclic) bond motifs is 1. The molecule has 1 fully saturated rings. The highest BCUT2D eigenvalue weighted by atomic mass is 35.6. The van der Waals surface area contributed by atoms with E-state index in [9.17, 15) is 9.59 Å². The number of hydrogen-bond acceptors (Lipinski definition) is 5. The van der Waals surface area contributed by atoms with Crippen LogP contribution in [0.1, 0.15) is 6.92 Å². The molecule has 2 aliphatic heterocycles. The van der Waals surface area contributed by atoms with E-state index < -0.39 is 15.8 Å². The van der Waals surface area contributed by atoms with Crippen LogP contribution in [0.25, 0.3) is 0 Å². The highest BCUT2D eigenvalue weighted by molar-refractivity contribution is 8.00. The fourth-order valence-corrected chi connectivity index (χ4v) is 3.28. The van der Waals surface area contributed by atoms with Crippen LogP contribution in [0.2, 0.25) is 0 Å². The van der Waals surface area contributed by atoms with Crippen molar-refractivity contribution in [1.82, 2.24) is 4.90 Å². The maximum Gasteiger partial charge on any atom is 0.355 e. The third-order valence-corrected chi connectivity index (χ3v) is 4.53. The van der Waals surface area contributed by atoms with Gasteiger partial charge in [-0.2, -0.15) is 0 Å². The molecule has 10 heteroatoms. The van der Waals surface area contributed by atoms with Crippen molar-refractivity contribution >= 4 is 70.8 Å². The second-order valence-electron chi connectivity index (χ2n) is 4.26. The van der Waals surface area contributed by atoms with Crippen molar-refractivity contribution < 1.29 is 14.3 Å². The molecule has 0 bridgehead atoms. The van der Waals surface area contributed by atoms with Gasteiger partial charge in [0.2, 0.25) is 9.70 Å². The van der Waals surface area contributed by atoms with Crippen LogP contribution in [0.5, 0.6) is 0 Å². The number of β-lactam (4-membered cyclic amide) rings is 1. The molecule has 0 aromatic rings. The molecule has 2 heterocycles. The van der Waals surface area contributed by atoms with Crippen molar-refractivity contribution in [3.8, 4) is 0 Å². The van der Waals surface area contributed by atoms with E-state index in [1.165, 1.54) is 16.7 Å². The van der Waals surface area contributed by atoms with Crippen LogP contribution >= 0.6 is 59.0 Å². The average Bonchev–Trinajstić information content (AvgIpc) is 2.33. The molecule has 2 N–H and O–H groups in total. The number of esters is 1. The summed E-state index contributed by atoms with van der Waals surface area (Å²) in [6, 6.07) is -0.575. The zero-order valence-corrected chi connectivity index (χ0v) is 14.2. The summed E-state index contributed by atoms with van der Waals surface area (Å²) in [5.41, 5.74) is 6.64. The molecule has 0 aromatic heterocycles. The molecule has 0 aliphatic carbocycles. The molecule has 0 saturated carbocycles. The van der Waals surface area contributed by atoms with E-state index in [-0.39, 0.29) is 36.0 Å². The van der Waals surface area contributed by atoms with Crippen molar-refractivity contribution in [2.24, 2.45) is 5.73 Å². The lowest BCUT2D eigenvalue weighted by Crippen LogP contribution is -2.68. The summed E-state index contributed by atoms with van der Waals surface area (Å²) in [6.45, 7) is 1.38. The summed E-state index contributed by atoms with van der Waals surface area (Å²) >= 11 is 18.1. The number of ether oxygens (including phenoxy) is 1. The van der Waals surface area contributed by atoms with Gasteiger partial charge < -0.3 is 10.5 Å². The number of nitrogens with two attached hydrogens (primary N) is 1. The first-order valence-corrected chi connectivity index (χ1v) is 7.54. The summed E-state index contributed by atoms with van der Waals surface area (Å²) in [7, 11) is 0.